The molecule has 2 aromatic heterocycles. The van der Waals surface area contributed by atoms with Crippen LogP contribution < -0.4 is 4.74 Å². The summed E-state index contributed by atoms with van der Waals surface area (Å²) in [5, 5.41) is 22.7. The average molecular weight is 488 g/mol. The second kappa shape index (κ2) is 9.07. The van der Waals surface area contributed by atoms with E-state index < -0.39 is 5.97 Å². The Labute approximate surface area is 207 Å². The molecule has 1 unspecified atom stereocenters. The van der Waals surface area contributed by atoms with E-state index in [0.717, 1.165) is 29.5 Å². The van der Waals surface area contributed by atoms with E-state index in [1.165, 1.54) is 6.20 Å². The number of nitrogens with zero attached hydrogens (tertiary/aromatic N) is 5. The predicted molar refractivity (Wildman–Crippen MR) is 127 cm³/mol. The van der Waals surface area contributed by atoms with Gasteiger partial charge in [0.2, 0.25) is 17.6 Å². The van der Waals surface area contributed by atoms with Crippen LogP contribution in [0.3, 0.4) is 0 Å². The van der Waals surface area contributed by atoms with Crippen molar-refractivity contribution in [3.8, 4) is 34.8 Å². The maximum absolute atomic E-state index is 12.7. The van der Waals surface area contributed by atoms with E-state index in [0.29, 0.717) is 24.4 Å². The number of fused-ring (bicyclic) bond motifs is 2. The van der Waals surface area contributed by atoms with Crippen molar-refractivity contribution in [2.75, 3.05) is 13.1 Å². The Balaban J connectivity index is 1.43. The average Bonchev–Trinajstić information content (AvgIpc) is 3.55. The molecule has 1 saturated heterocycles. The Hall–Kier alpha value is -4.26. The highest BCUT2D eigenvalue weighted by molar-refractivity contribution is 5.83. The number of aliphatic carboxylic acids is 1. The number of amides is 1. The van der Waals surface area contributed by atoms with E-state index in [4.69, 9.17) is 14.4 Å². The quantitative estimate of drug-likeness (QED) is 0.531. The van der Waals surface area contributed by atoms with Crippen LogP contribution >= 0.6 is 0 Å². The van der Waals surface area contributed by atoms with Gasteiger partial charge in [-0.25, -0.2) is 4.98 Å². The van der Waals surface area contributed by atoms with Gasteiger partial charge in [0.05, 0.1) is 18.1 Å². The fraction of sp³-hybridized carbons (Fsp3) is 0.385. The van der Waals surface area contributed by atoms with Crippen molar-refractivity contribution in [2.45, 2.75) is 51.0 Å². The minimum Gasteiger partial charge on any atom is -0.481 e. The Morgan fingerprint density at radius 2 is 2.22 bits per heavy atom. The molecule has 1 fully saturated rings. The smallest absolute Gasteiger partial charge is 0.305 e. The van der Waals surface area contributed by atoms with Crippen LogP contribution in [-0.2, 0) is 21.4 Å². The molecular weight excluding hydrogens is 462 g/mol. The first kappa shape index (κ1) is 23.5. The van der Waals surface area contributed by atoms with Crippen molar-refractivity contribution in [3.05, 3.63) is 47.2 Å². The maximum atomic E-state index is 12.7. The number of aromatic nitrogens is 3. The summed E-state index contributed by atoms with van der Waals surface area (Å²) >= 11 is 0. The number of nitriles is 1. The Morgan fingerprint density at radius 1 is 1.39 bits per heavy atom. The van der Waals surface area contributed by atoms with E-state index >= 15 is 0 Å². The first-order valence-corrected chi connectivity index (χ1v) is 11.8. The number of benzene rings is 1. The maximum Gasteiger partial charge on any atom is 0.305 e. The van der Waals surface area contributed by atoms with Gasteiger partial charge in [0, 0.05) is 36.7 Å². The third-order valence-electron chi connectivity index (χ3n) is 6.77. The number of carboxylic acid groups (broad SMARTS) is 1. The van der Waals surface area contributed by atoms with Gasteiger partial charge >= 0.3 is 5.97 Å². The monoisotopic (exact) mass is 487 g/mol. The van der Waals surface area contributed by atoms with Crippen LogP contribution in [0.4, 0.5) is 0 Å². The van der Waals surface area contributed by atoms with Crippen LogP contribution in [0.5, 0.6) is 5.88 Å². The Morgan fingerprint density at radius 3 is 2.97 bits per heavy atom. The molecule has 3 aromatic rings. The summed E-state index contributed by atoms with van der Waals surface area (Å²) in [6, 6.07) is 9.60. The predicted octanol–water partition coefficient (Wildman–Crippen LogP) is 3.35. The van der Waals surface area contributed by atoms with Crippen molar-refractivity contribution in [1.29, 1.82) is 5.26 Å². The zero-order valence-electron chi connectivity index (χ0n) is 20.0. The van der Waals surface area contributed by atoms with Gasteiger partial charge in [-0.3, -0.25) is 9.59 Å². The molecule has 184 valence electrons. The van der Waals surface area contributed by atoms with E-state index in [1.807, 2.05) is 32.0 Å². The highest BCUT2D eigenvalue weighted by Crippen LogP contribution is 2.48. The second-order valence-corrected chi connectivity index (χ2v) is 9.53. The minimum atomic E-state index is -0.912. The fourth-order valence-electron chi connectivity index (χ4n) is 5.17. The zero-order chi connectivity index (χ0) is 25.4. The summed E-state index contributed by atoms with van der Waals surface area (Å²) in [5.41, 5.74) is 3.47. The van der Waals surface area contributed by atoms with Gasteiger partial charge in [0.1, 0.15) is 11.6 Å². The summed E-state index contributed by atoms with van der Waals surface area (Å²) < 4.78 is 11.1. The lowest BCUT2D eigenvalue weighted by Gasteiger charge is -2.25. The number of hydrogen-bond donors (Lipinski definition) is 1. The Kier molecular flexibility index (Phi) is 5.92. The SMILES string of the molecule is CC(C)Oc1ncc(-c2nc(-c3cccc4c3CCC43CC(=O)N(CCC(=O)O)C3)no2)cc1C#N. The lowest BCUT2D eigenvalue weighted by Crippen LogP contribution is -2.31. The molecule has 1 spiro atoms. The molecule has 0 saturated carbocycles. The van der Waals surface area contributed by atoms with Crippen LogP contribution in [0.2, 0.25) is 0 Å². The molecule has 5 rings (SSSR count). The Bertz CT molecular complexity index is 1390. The first-order valence-electron chi connectivity index (χ1n) is 11.8. The van der Waals surface area contributed by atoms with Crippen molar-refractivity contribution >= 4 is 11.9 Å². The number of carbonyl (C=O) groups is 2. The number of likely N-dealkylation sites (tertiary alicyclic amines) is 1. The van der Waals surface area contributed by atoms with Gasteiger partial charge in [-0.15, -0.1) is 0 Å². The standard InChI is InChI=1S/C26H25N5O5/c1-15(2)35-24-16(12-27)10-17(13-28-24)25-29-23(30-36-25)19-4-3-5-20-18(19)6-8-26(20)11-21(32)31(14-26)9-7-22(33)34/h3-5,10,13,15H,6-9,11,14H2,1-2H3,(H,33,34). The van der Waals surface area contributed by atoms with Crippen molar-refractivity contribution in [2.24, 2.45) is 0 Å². The van der Waals surface area contributed by atoms with Crippen LogP contribution in [0, 0.1) is 11.3 Å². The molecule has 1 aliphatic heterocycles. The third kappa shape index (κ3) is 4.17. The third-order valence-corrected chi connectivity index (χ3v) is 6.77. The van der Waals surface area contributed by atoms with Crippen LogP contribution in [0.1, 0.15) is 49.8 Å². The van der Waals surface area contributed by atoms with Gasteiger partial charge in [0.15, 0.2) is 0 Å². The fourth-order valence-corrected chi connectivity index (χ4v) is 5.17. The van der Waals surface area contributed by atoms with Gasteiger partial charge < -0.3 is 19.3 Å². The van der Waals surface area contributed by atoms with Crippen molar-refractivity contribution in [1.82, 2.24) is 20.0 Å². The van der Waals surface area contributed by atoms with Crippen molar-refractivity contribution < 1.29 is 24.0 Å². The molecule has 36 heavy (non-hydrogen) atoms. The molecule has 10 heteroatoms. The summed E-state index contributed by atoms with van der Waals surface area (Å²) in [6.45, 7) is 4.45. The highest BCUT2D eigenvalue weighted by atomic mass is 16.5. The second-order valence-electron chi connectivity index (χ2n) is 9.53. The number of pyridine rings is 1. The van der Waals surface area contributed by atoms with Crippen LogP contribution in [-0.4, -0.2) is 56.2 Å². The largest absolute Gasteiger partial charge is 0.481 e. The molecule has 1 atom stereocenters. The van der Waals surface area contributed by atoms with Gasteiger partial charge in [0.25, 0.3) is 5.89 Å². The first-order chi connectivity index (χ1) is 17.3. The highest BCUT2D eigenvalue weighted by Gasteiger charge is 2.48. The molecule has 1 aliphatic carbocycles. The molecule has 2 aliphatic rings. The summed E-state index contributed by atoms with van der Waals surface area (Å²) in [4.78, 5) is 34.1. The molecule has 1 amide bonds. The van der Waals surface area contributed by atoms with E-state index in [9.17, 15) is 14.9 Å². The molecule has 0 bridgehead atoms. The number of rotatable bonds is 7. The number of hydrogen-bond acceptors (Lipinski definition) is 8. The summed E-state index contributed by atoms with van der Waals surface area (Å²) in [7, 11) is 0. The van der Waals surface area contributed by atoms with E-state index in [2.05, 4.69) is 21.2 Å². The lowest BCUT2D eigenvalue weighted by atomic mass is 9.80. The van der Waals surface area contributed by atoms with E-state index in [1.54, 1.807) is 11.0 Å². The summed E-state index contributed by atoms with van der Waals surface area (Å²) in [5.74, 6) is -0.00376. The molecule has 1 N–H and O–H groups in total. The normalized spacial score (nSPS) is 18.6. The van der Waals surface area contributed by atoms with Gasteiger partial charge in [-0.05, 0) is 43.9 Å². The molecule has 3 heterocycles. The van der Waals surface area contributed by atoms with E-state index in [-0.39, 0.29) is 47.7 Å². The molecule has 1 aromatic carbocycles. The topological polar surface area (TPSA) is 142 Å². The lowest BCUT2D eigenvalue weighted by molar-refractivity contribution is -0.137. The molecule has 0 radical (unpaired) electrons. The number of ether oxygens (including phenoxy) is 1. The summed E-state index contributed by atoms with van der Waals surface area (Å²) in [6.07, 6.45) is 3.29. The molecule has 10 nitrogen and oxygen atoms in total. The molecular formula is C26H25N5O5. The zero-order valence-corrected chi connectivity index (χ0v) is 20.0. The van der Waals surface area contributed by atoms with Gasteiger partial charge in [-0.2, -0.15) is 10.2 Å². The van der Waals surface area contributed by atoms with Crippen LogP contribution in [0.25, 0.3) is 22.8 Å². The number of carboxylic acids is 1. The minimum absolute atomic E-state index is 0.0120. The van der Waals surface area contributed by atoms with Crippen LogP contribution in [0.15, 0.2) is 35.0 Å². The van der Waals surface area contributed by atoms with Gasteiger partial charge in [-0.1, -0.05) is 23.4 Å². The van der Waals surface area contributed by atoms with Crippen molar-refractivity contribution in [3.63, 3.8) is 0 Å². The number of carbonyl (C=O) groups excluding carboxylic acids is 1.